The van der Waals surface area contributed by atoms with Crippen molar-refractivity contribution in [2.75, 3.05) is 6.54 Å². The van der Waals surface area contributed by atoms with Crippen molar-refractivity contribution in [1.29, 1.82) is 0 Å². The number of halogens is 2. The van der Waals surface area contributed by atoms with Gasteiger partial charge in [-0.25, -0.2) is 0 Å². The van der Waals surface area contributed by atoms with Crippen molar-refractivity contribution in [2.45, 2.75) is 24.6 Å². The summed E-state index contributed by atoms with van der Waals surface area (Å²) in [5, 5.41) is 3.21. The minimum absolute atomic E-state index is 0.00534. The molecule has 2 unspecified atom stereocenters. The van der Waals surface area contributed by atoms with Gasteiger partial charge in [0, 0.05) is 15.5 Å². The van der Waals surface area contributed by atoms with Crippen molar-refractivity contribution in [3.63, 3.8) is 0 Å². The van der Waals surface area contributed by atoms with Crippen molar-refractivity contribution in [3.05, 3.63) is 33.4 Å². The molecule has 1 amide bonds. The highest BCUT2D eigenvalue weighted by Gasteiger charge is 2.25. The molecule has 92 valence electrons. The van der Waals surface area contributed by atoms with Crippen LogP contribution in [0.15, 0.2) is 24.3 Å². The SMILES string of the molecule is O=C(NCC1CCCC1Cl)c1ccccc1I. The Morgan fingerprint density at radius 1 is 1.41 bits per heavy atom. The predicted molar refractivity (Wildman–Crippen MR) is 78.5 cm³/mol. The number of benzene rings is 1. The molecule has 1 saturated carbocycles. The highest BCUT2D eigenvalue weighted by molar-refractivity contribution is 14.1. The van der Waals surface area contributed by atoms with Crippen LogP contribution < -0.4 is 5.32 Å². The van der Waals surface area contributed by atoms with E-state index < -0.39 is 0 Å². The molecule has 1 aromatic rings. The molecule has 0 spiro atoms. The minimum atomic E-state index is 0.00534. The lowest BCUT2D eigenvalue weighted by atomic mass is 10.1. The zero-order valence-electron chi connectivity index (χ0n) is 9.46. The fourth-order valence-electron chi connectivity index (χ4n) is 2.19. The van der Waals surface area contributed by atoms with Gasteiger partial charge >= 0.3 is 0 Å². The molecule has 2 rings (SSSR count). The van der Waals surface area contributed by atoms with Crippen LogP contribution in [0, 0.1) is 9.49 Å². The molecule has 0 aromatic heterocycles. The van der Waals surface area contributed by atoms with Gasteiger partial charge in [-0.1, -0.05) is 18.6 Å². The summed E-state index contributed by atoms with van der Waals surface area (Å²) in [7, 11) is 0. The fraction of sp³-hybridized carbons (Fsp3) is 0.462. The predicted octanol–water partition coefficient (Wildman–Crippen LogP) is 3.43. The molecule has 1 fully saturated rings. The van der Waals surface area contributed by atoms with Crippen molar-refractivity contribution in [3.8, 4) is 0 Å². The Hall–Kier alpha value is -0.290. The second kappa shape index (κ2) is 6.05. The lowest BCUT2D eigenvalue weighted by Crippen LogP contribution is -2.31. The normalized spacial score (nSPS) is 23.6. The minimum Gasteiger partial charge on any atom is -0.352 e. The Labute approximate surface area is 120 Å². The Balaban J connectivity index is 1.91. The van der Waals surface area contributed by atoms with E-state index in [0.29, 0.717) is 12.5 Å². The van der Waals surface area contributed by atoms with Crippen LogP contribution in [0.3, 0.4) is 0 Å². The Morgan fingerprint density at radius 2 is 2.18 bits per heavy atom. The second-order valence-electron chi connectivity index (χ2n) is 4.40. The van der Waals surface area contributed by atoms with E-state index in [0.717, 1.165) is 22.0 Å². The number of nitrogens with one attached hydrogen (secondary N) is 1. The smallest absolute Gasteiger partial charge is 0.252 e. The zero-order valence-corrected chi connectivity index (χ0v) is 12.4. The molecular formula is C13H15ClINO. The maximum atomic E-state index is 12.0. The van der Waals surface area contributed by atoms with Crippen LogP contribution >= 0.6 is 34.2 Å². The van der Waals surface area contributed by atoms with E-state index in [1.54, 1.807) is 0 Å². The van der Waals surface area contributed by atoms with Crippen molar-refractivity contribution < 1.29 is 4.79 Å². The summed E-state index contributed by atoms with van der Waals surface area (Å²) in [6.45, 7) is 0.692. The molecule has 0 heterocycles. The summed E-state index contributed by atoms with van der Waals surface area (Å²) in [5.74, 6) is 0.438. The van der Waals surface area contributed by atoms with Gasteiger partial charge in [0.1, 0.15) is 0 Å². The summed E-state index contributed by atoms with van der Waals surface area (Å²) >= 11 is 8.37. The number of carbonyl (C=O) groups excluding carboxylic acids is 1. The molecule has 2 atom stereocenters. The van der Waals surface area contributed by atoms with E-state index in [-0.39, 0.29) is 11.3 Å². The summed E-state index contributed by atoms with van der Waals surface area (Å²) in [6.07, 6.45) is 3.38. The number of hydrogen-bond donors (Lipinski definition) is 1. The molecule has 0 radical (unpaired) electrons. The molecule has 0 bridgehead atoms. The first kappa shape index (κ1) is 13.1. The van der Waals surface area contributed by atoms with E-state index in [1.807, 2.05) is 24.3 Å². The average Bonchev–Trinajstić information content (AvgIpc) is 2.72. The van der Waals surface area contributed by atoms with Gasteiger partial charge in [-0.05, 0) is 53.5 Å². The van der Waals surface area contributed by atoms with Gasteiger partial charge in [0.05, 0.1) is 5.56 Å². The highest BCUT2D eigenvalue weighted by Crippen LogP contribution is 2.29. The summed E-state index contributed by atoms with van der Waals surface area (Å²) < 4.78 is 0.983. The quantitative estimate of drug-likeness (QED) is 0.647. The number of alkyl halides is 1. The first-order valence-corrected chi connectivity index (χ1v) is 7.37. The number of amides is 1. The molecule has 17 heavy (non-hydrogen) atoms. The van der Waals surface area contributed by atoms with Gasteiger partial charge in [0.25, 0.3) is 5.91 Å². The summed E-state index contributed by atoms with van der Waals surface area (Å²) in [6, 6.07) is 7.61. The van der Waals surface area contributed by atoms with Crippen molar-refractivity contribution in [1.82, 2.24) is 5.32 Å². The Kier molecular flexibility index (Phi) is 4.68. The van der Waals surface area contributed by atoms with E-state index in [4.69, 9.17) is 11.6 Å². The van der Waals surface area contributed by atoms with Gasteiger partial charge in [-0.15, -0.1) is 11.6 Å². The fourth-order valence-corrected chi connectivity index (χ4v) is 3.19. The molecule has 0 aliphatic heterocycles. The zero-order chi connectivity index (χ0) is 12.3. The van der Waals surface area contributed by atoms with Crippen LogP contribution in [-0.2, 0) is 0 Å². The largest absolute Gasteiger partial charge is 0.352 e. The van der Waals surface area contributed by atoms with Gasteiger partial charge < -0.3 is 5.32 Å². The van der Waals surface area contributed by atoms with E-state index >= 15 is 0 Å². The highest BCUT2D eigenvalue weighted by atomic mass is 127. The van der Waals surface area contributed by atoms with Crippen LogP contribution in [0.2, 0.25) is 0 Å². The molecule has 1 N–H and O–H groups in total. The van der Waals surface area contributed by atoms with Gasteiger partial charge in [-0.3, -0.25) is 4.79 Å². The average molecular weight is 364 g/mol. The maximum absolute atomic E-state index is 12.0. The van der Waals surface area contributed by atoms with Gasteiger partial charge in [-0.2, -0.15) is 0 Å². The standard InChI is InChI=1S/C13H15ClINO/c14-11-6-3-4-9(11)8-16-13(17)10-5-1-2-7-12(10)15/h1-2,5,7,9,11H,3-4,6,8H2,(H,16,17). The number of carbonyl (C=O) groups is 1. The Bertz CT molecular complexity index is 410. The number of hydrogen-bond acceptors (Lipinski definition) is 1. The third-order valence-electron chi connectivity index (χ3n) is 3.21. The third kappa shape index (κ3) is 3.35. The van der Waals surface area contributed by atoms with Crippen molar-refractivity contribution in [2.24, 2.45) is 5.92 Å². The monoisotopic (exact) mass is 363 g/mol. The topological polar surface area (TPSA) is 29.1 Å². The second-order valence-corrected chi connectivity index (χ2v) is 6.12. The van der Waals surface area contributed by atoms with Crippen LogP contribution in [0.25, 0.3) is 0 Å². The molecular weight excluding hydrogens is 349 g/mol. The first-order chi connectivity index (χ1) is 8.18. The van der Waals surface area contributed by atoms with Crippen LogP contribution in [0.1, 0.15) is 29.6 Å². The lowest BCUT2D eigenvalue weighted by molar-refractivity contribution is 0.0947. The third-order valence-corrected chi connectivity index (χ3v) is 4.72. The van der Waals surface area contributed by atoms with E-state index in [1.165, 1.54) is 6.42 Å². The van der Waals surface area contributed by atoms with Crippen LogP contribution in [0.4, 0.5) is 0 Å². The molecule has 1 aliphatic rings. The van der Waals surface area contributed by atoms with Gasteiger partial charge in [0.2, 0.25) is 0 Å². The molecule has 4 heteroatoms. The molecule has 2 nitrogen and oxygen atoms in total. The first-order valence-electron chi connectivity index (χ1n) is 5.85. The summed E-state index contributed by atoms with van der Waals surface area (Å²) in [4.78, 5) is 12.0. The Morgan fingerprint density at radius 3 is 2.82 bits per heavy atom. The molecule has 1 aromatic carbocycles. The maximum Gasteiger partial charge on any atom is 0.252 e. The number of rotatable bonds is 3. The van der Waals surface area contributed by atoms with Crippen LogP contribution in [0.5, 0.6) is 0 Å². The summed E-state index contributed by atoms with van der Waals surface area (Å²) in [5.41, 5.74) is 0.747. The van der Waals surface area contributed by atoms with Crippen LogP contribution in [-0.4, -0.2) is 17.8 Å². The lowest BCUT2D eigenvalue weighted by Gasteiger charge is -2.14. The van der Waals surface area contributed by atoms with Crippen molar-refractivity contribution >= 4 is 40.1 Å². The molecule has 0 saturated heterocycles. The van der Waals surface area contributed by atoms with Gasteiger partial charge in [0.15, 0.2) is 0 Å². The van der Waals surface area contributed by atoms with E-state index in [2.05, 4.69) is 27.9 Å². The molecule has 1 aliphatic carbocycles. The van der Waals surface area contributed by atoms with E-state index in [9.17, 15) is 4.79 Å².